The number of likely N-dealkylation sites (tertiary alicyclic amines) is 1. The zero-order valence-corrected chi connectivity index (χ0v) is 12.9. The Balaban J connectivity index is 1.87. The van der Waals surface area contributed by atoms with Gasteiger partial charge in [0.1, 0.15) is 0 Å². The van der Waals surface area contributed by atoms with Crippen molar-refractivity contribution in [1.82, 2.24) is 10.2 Å². The van der Waals surface area contributed by atoms with Gasteiger partial charge in [-0.05, 0) is 45.3 Å². The Bertz CT molecular complexity index is 470. The van der Waals surface area contributed by atoms with Gasteiger partial charge in [0.2, 0.25) is 0 Å². The lowest BCUT2D eigenvalue weighted by Crippen LogP contribution is -2.41. The first-order valence-electron chi connectivity index (χ1n) is 7.79. The Labute approximate surface area is 126 Å². The van der Waals surface area contributed by atoms with Crippen LogP contribution in [-0.2, 0) is 6.54 Å². The summed E-state index contributed by atoms with van der Waals surface area (Å²) in [4.78, 5) is 13.2. The van der Waals surface area contributed by atoms with E-state index in [1.54, 1.807) is 12.1 Å². The van der Waals surface area contributed by atoms with E-state index in [4.69, 9.17) is 0 Å². The molecule has 1 aliphatic rings. The second kappa shape index (κ2) is 7.52. The third kappa shape index (κ3) is 4.25. The van der Waals surface area contributed by atoms with Crippen LogP contribution in [0.3, 0.4) is 0 Å². The fraction of sp³-hybridized carbons (Fsp3) is 0.625. The zero-order valence-electron chi connectivity index (χ0n) is 12.9. The minimum absolute atomic E-state index is 0.206. The molecule has 1 aromatic rings. The molecule has 1 atom stereocenters. The highest BCUT2D eigenvalue weighted by Crippen LogP contribution is 2.22. The maximum absolute atomic E-state index is 11.0. The molecule has 0 aromatic heterocycles. The van der Waals surface area contributed by atoms with Gasteiger partial charge in [0.05, 0.1) is 4.92 Å². The molecule has 1 saturated heterocycles. The highest BCUT2D eigenvalue weighted by Gasteiger charge is 2.23. The van der Waals surface area contributed by atoms with Gasteiger partial charge >= 0.3 is 0 Å². The van der Waals surface area contributed by atoms with Crippen LogP contribution in [0.15, 0.2) is 24.3 Å². The first-order valence-corrected chi connectivity index (χ1v) is 7.79. The molecule has 116 valence electrons. The number of hydrogen-bond donors (Lipinski definition) is 1. The number of piperidine rings is 1. The van der Waals surface area contributed by atoms with E-state index >= 15 is 0 Å². The number of nitro groups is 1. The Hall–Kier alpha value is -1.46. The van der Waals surface area contributed by atoms with E-state index in [0.29, 0.717) is 18.5 Å². The largest absolute Gasteiger partial charge is 0.310 e. The fourth-order valence-electron chi connectivity index (χ4n) is 3.05. The van der Waals surface area contributed by atoms with E-state index in [1.165, 1.54) is 25.9 Å². The summed E-state index contributed by atoms with van der Waals surface area (Å²) in [7, 11) is 0. The molecule has 0 spiro atoms. The molecule has 2 rings (SSSR count). The van der Waals surface area contributed by atoms with Crippen LogP contribution >= 0.6 is 0 Å². The lowest BCUT2D eigenvalue weighted by Gasteiger charge is -2.34. The predicted molar refractivity (Wildman–Crippen MR) is 84.2 cm³/mol. The third-order valence-electron chi connectivity index (χ3n) is 4.59. The molecule has 0 aliphatic carbocycles. The van der Waals surface area contributed by atoms with Crippen molar-refractivity contribution in [1.29, 1.82) is 0 Å². The molecule has 0 bridgehead atoms. The van der Waals surface area contributed by atoms with Crippen LogP contribution in [0.2, 0.25) is 0 Å². The Kier molecular flexibility index (Phi) is 5.70. The molecule has 1 heterocycles. The van der Waals surface area contributed by atoms with Gasteiger partial charge in [-0.1, -0.05) is 25.1 Å². The average Bonchev–Trinajstić information content (AvgIpc) is 2.52. The number of para-hydroxylation sites is 1. The van der Waals surface area contributed by atoms with E-state index in [-0.39, 0.29) is 10.6 Å². The second-order valence-corrected chi connectivity index (χ2v) is 5.83. The molecule has 0 amide bonds. The molecule has 1 N–H and O–H groups in total. The molecule has 1 fully saturated rings. The Morgan fingerprint density at radius 2 is 2.05 bits per heavy atom. The van der Waals surface area contributed by atoms with Crippen LogP contribution in [0.25, 0.3) is 0 Å². The Morgan fingerprint density at radius 3 is 2.67 bits per heavy atom. The number of nitrogens with zero attached hydrogens (tertiary/aromatic N) is 2. The van der Waals surface area contributed by atoms with Crippen LogP contribution in [-0.4, -0.2) is 35.5 Å². The Morgan fingerprint density at radius 1 is 1.38 bits per heavy atom. The summed E-state index contributed by atoms with van der Waals surface area (Å²) in [6, 6.07) is 7.36. The van der Waals surface area contributed by atoms with Gasteiger partial charge in [0, 0.05) is 24.2 Å². The van der Waals surface area contributed by atoms with Crippen molar-refractivity contribution in [2.24, 2.45) is 5.92 Å². The lowest BCUT2D eigenvalue weighted by atomic mass is 9.90. The van der Waals surface area contributed by atoms with Gasteiger partial charge in [-0.25, -0.2) is 0 Å². The molecule has 1 aliphatic heterocycles. The highest BCUT2D eigenvalue weighted by atomic mass is 16.6. The molecular weight excluding hydrogens is 266 g/mol. The first-order chi connectivity index (χ1) is 10.1. The van der Waals surface area contributed by atoms with Gasteiger partial charge < -0.3 is 10.2 Å². The minimum atomic E-state index is -0.304. The van der Waals surface area contributed by atoms with Crippen molar-refractivity contribution < 1.29 is 4.92 Å². The number of benzene rings is 1. The number of nitrogens with one attached hydrogen (secondary N) is 1. The summed E-state index contributed by atoms with van der Waals surface area (Å²) in [6.07, 6.45) is 2.41. The summed E-state index contributed by atoms with van der Waals surface area (Å²) < 4.78 is 0. The van der Waals surface area contributed by atoms with E-state index < -0.39 is 0 Å². The van der Waals surface area contributed by atoms with Gasteiger partial charge in [-0.15, -0.1) is 0 Å². The molecule has 21 heavy (non-hydrogen) atoms. The molecule has 5 nitrogen and oxygen atoms in total. The second-order valence-electron chi connectivity index (χ2n) is 5.83. The van der Waals surface area contributed by atoms with Crippen molar-refractivity contribution in [3.63, 3.8) is 0 Å². The van der Waals surface area contributed by atoms with E-state index in [0.717, 1.165) is 12.1 Å². The minimum Gasteiger partial charge on any atom is -0.310 e. The van der Waals surface area contributed by atoms with E-state index in [1.807, 2.05) is 12.1 Å². The first kappa shape index (κ1) is 15.9. The summed E-state index contributed by atoms with van der Waals surface area (Å²) in [5, 5.41) is 14.5. The summed E-state index contributed by atoms with van der Waals surface area (Å²) in [5.74, 6) is 0.663. The molecule has 1 aromatic carbocycles. The summed E-state index contributed by atoms with van der Waals surface area (Å²) in [5.41, 5.74) is 0.971. The SMILES string of the molecule is CCN1CCC(C(C)NCc2ccccc2[N+](=O)[O-])CC1. The van der Waals surface area contributed by atoms with Crippen LogP contribution in [0.4, 0.5) is 5.69 Å². The van der Waals surface area contributed by atoms with E-state index in [2.05, 4.69) is 24.1 Å². The maximum Gasteiger partial charge on any atom is 0.273 e. The highest BCUT2D eigenvalue weighted by molar-refractivity contribution is 5.39. The fourth-order valence-corrected chi connectivity index (χ4v) is 3.05. The lowest BCUT2D eigenvalue weighted by molar-refractivity contribution is -0.385. The number of nitro benzene ring substituents is 1. The summed E-state index contributed by atoms with van der Waals surface area (Å²) >= 11 is 0. The molecule has 0 saturated carbocycles. The van der Waals surface area contributed by atoms with Crippen LogP contribution in [0.5, 0.6) is 0 Å². The molecule has 1 unspecified atom stereocenters. The normalized spacial score (nSPS) is 18.6. The van der Waals surface area contributed by atoms with Crippen LogP contribution in [0.1, 0.15) is 32.3 Å². The maximum atomic E-state index is 11.0. The molecule has 0 radical (unpaired) electrons. The van der Waals surface area contributed by atoms with Crippen LogP contribution in [0, 0.1) is 16.0 Å². The smallest absolute Gasteiger partial charge is 0.273 e. The van der Waals surface area contributed by atoms with Crippen molar-refractivity contribution in [3.05, 3.63) is 39.9 Å². The van der Waals surface area contributed by atoms with Gasteiger partial charge in [0.25, 0.3) is 5.69 Å². The monoisotopic (exact) mass is 291 g/mol. The summed E-state index contributed by atoms with van der Waals surface area (Å²) in [6.45, 7) is 8.42. The number of rotatable bonds is 6. The van der Waals surface area contributed by atoms with Crippen molar-refractivity contribution >= 4 is 5.69 Å². The number of hydrogen-bond acceptors (Lipinski definition) is 4. The van der Waals surface area contributed by atoms with Gasteiger partial charge in [0.15, 0.2) is 0 Å². The van der Waals surface area contributed by atoms with Gasteiger partial charge in [-0.3, -0.25) is 10.1 Å². The van der Waals surface area contributed by atoms with Crippen LogP contribution < -0.4 is 5.32 Å². The molecular formula is C16H25N3O2. The third-order valence-corrected chi connectivity index (χ3v) is 4.59. The molecule has 5 heteroatoms. The van der Waals surface area contributed by atoms with Crippen molar-refractivity contribution in [2.45, 2.75) is 39.3 Å². The van der Waals surface area contributed by atoms with E-state index in [9.17, 15) is 10.1 Å². The van der Waals surface area contributed by atoms with Crippen molar-refractivity contribution in [3.8, 4) is 0 Å². The van der Waals surface area contributed by atoms with Crippen molar-refractivity contribution in [2.75, 3.05) is 19.6 Å². The predicted octanol–water partition coefficient (Wildman–Crippen LogP) is 2.80. The topological polar surface area (TPSA) is 58.4 Å². The zero-order chi connectivity index (χ0) is 15.2. The standard InChI is InChI=1S/C16H25N3O2/c1-3-18-10-8-14(9-11-18)13(2)17-12-15-6-4-5-7-16(15)19(20)21/h4-7,13-14,17H,3,8-12H2,1-2H3. The quantitative estimate of drug-likeness (QED) is 0.647. The van der Waals surface area contributed by atoms with Gasteiger partial charge in [-0.2, -0.15) is 0 Å². The average molecular weight is 291 g/mol.